The van der Waals surface area contributed by atoms with Crippen molar-refractivity contribution < 1.29 is 9.59 Å². The van der Waals surface area contributed by atoms with Gasteiger partial charge in [-0.1, -0.05) is 12.8 Å². The van der Waals surface area contributed by atoms with Crippen LogP contribution in [0.5, 0.6) is 0 Å². The largest absolute Gasteiger partial charge is 0.354 e. The van der Waals surface area contributed by atoms with Crippen LogP contribution in [0.3, 0.4) is 0 Å². The maximum atomic E-state index is 10.2. The minimum absolute atomic E-state index is 0.126. The molecule has 0 radical (unpaired) electrons. The van der Waals surface area contributed by atoms with Gasteiger partial charge in [-0.25, -0.2) is 0 Å². The van der Waals surface area contributed by atoms with Gasteiger partial charge in [-0.2, -0.15) is 0 Å². The summed E-state index contributed by atoms with van der Waals surface area (Å²) in [4.78, 5) is 20.4. The highest BCUT2D eigenvalue weighted by molar-refractivity contribution is 5.49. The van der Waals surface area contributed by atoms with E-state index in [1.807, 2.05) is 0 Å². The van der Waals surface area contributed by atoms with Crippen LogP contribution in [0.25, 0.3) is 0 Å². The fourth-order valence-electron chi connectivity index (χ4n) is 1.70. The molecule has 0 bridgehead atoms. The van der Waals surface area contributed by atoms with Gasteiger partial charge in [-0.15, -0.1) is 0 Å². The molecule has 0 aromatic rings. The van der Waals surface area contributed by atoms with E-state index in [4.69, 9.17) is 0 Å². The number of nitrogens with one attached hydrogen (secondary N) is 2. The summed E-state index contributed by atoms with van der Waals surface area (Å²) in [5.74, 6) is 0. The Hall–Kier alpha value is -1.06. The number of carbonyl (C=O) groups is 2. The Morgan fingerprint density at radius 3 is 1.67 bits per heavy atom. The van der Waals surface area contributed by atoms with Crippen molar-refractivity contribution in [2.24, 2.45) is 0 Å². The van der Waals surface area contributed by atoms with E-state index in [-0.39, 0.29) is 12.1 Å². The average Bonchev–Trinajstić information content (AvgIpc) is 2.09. The molecule has 4 heteroatoms. The topological polar surface area (TPSA) is 58.2 Å². The predicted octanol–water partition coefficient (Wildman–Crippen LogP) is -0.210. The molecule has 1 rings (SSSR count). The second-order valence-corrected chi connectivity index (χ2v) is 3.07. The summed E-state index contributed by atoms with van der Waals surface area (Å²) >= 11 is 0. The summed E-state index contributed by atoms with van der Waals surface area (Å²) in [6.07, 6.45) is 5.59. The summed E-state index contributed by atoms with van der Waals surface area (Å²) in [6, 6.07) is 0.253. The molecule has 1 aliphatic rings. The lowest BCUT2D eigenvalue weighted by molar-refractivity contribution is -0.113. The maximum Gasteiger partial charge on any atom is 0.207 e. The standard InChI is InChI=1S/C8H14N2O2/c11-5-9-7-3-1-2-4-8(7)10-6-12/h5-8H,1-4H2,(H,9,11)(H,10,12)/t7-,8?/m0/s1. The van der Waals surface area contributed by atoms with Crippen LogP contribution in [0.1, 0.15) is 25.7 Å². The Labute approximate surface area is 71.7 Å². The van der Waals surface area contributed by atoms with Crippen LogP contribution in [0, 0.1) is 0 Å². The monoisotopic (exact) mass is 170 g/mol. The molecular weight excluding hydrogens is 156 g/mol. The third-order valence-corrected chi connectivity index (χ3v) is 2.33. The second kappa shape index (κ2) is 4.74. The van der Waals surface area contributed by atoms with E-state index in [9.17, 15) is 9.59 Å². The molecule has 0 aromatic heterocycles. The quantitative estimate of drug-likeness (QED) is 0.573. The van der Waals surface area contributed by atoms with Crippen molar-refractivity contribution in [2.75, 3.05) is 0 Å². The van der Waals surface area contributed by atoms with Crippen LogP contribution in [0.15, 0.2) is 0 Å². The lowest BCUT2D eigenvalue weighted by atomic mass is 9.90. The summed E-state index contributed by atoms with van der Waals surface area (Å²) in [6.45, 7) is 0. The van der Waals surface area contributed by atoms with Gasteiger partial charge in [0.2, 0.25) is 12.8 Å². The first kappa shape index (κ1) is 9.03. The molecular formula is C8H14N2O2. The van der Waals surface area contributed by atoms with Crippen molar-refractivity contribution >= 4 is 12.8 Å². The molecule has 0 saturated heterocycles. The van der Waals surface area contributed by atoms with Crippen molar-refractivity contribution in [3.63, 3.8) is 0 Å². The molecule has 4 nitrogen and oxygen atoms in total. The molecule has 1 unspecified atom stereocenters. The highest BCUT2D eigenvalue weighted by Gasteiger charge is 2.23. The first-order valence-electron chi connectivity index (χ1n) is 4.28. The van der Waals surface area contributed by atoms with Gasteiger partial charge in [-0.05, 0) is 12.8 Å². The van der Waals surface area contributed by atoms with Crippen molar-refractivity contribution in [3.8, 4) is 0 Å². The number of carbonyl (C=O) groups excluding carboxylic acids is 2. The molecule has 2 N–H and O–H groups in total. The summed E-state index contributed by atoms with van der Waals surface area (Å²) in [5, 5.41) is 5.43. The van der Waals surface area contributed by atoms with Gasteiger partial charge < -0.3 is 10.6 Å². The lowest BCUT2D eigenvalue weighted by Crippen LogP contribution is -2.48. The van der Waals surface area contributed by atoms with Gasteiger partial charge in [0.05, 0.1) is 0 Å². The molecule has 68 valence electrons. The van der Waals surface area contributed by atoms with E-state index in [1.54, 1.807) is 0 Å². The average molecular weight is 170 g/mol. The Balaban J connectivity index is 2.41. The third kappa shape index (κ3) is 2.22. The van der Waals surface area contributed by atoms with E-state index in [2.05, 4.69) is 10.6 Å². The van der Waals surface area contributed by atoms with Gasteiger partial charge >= 0.3 is 0 Å². The Kier molecular flexibility index (Phi) is 3.57. The first-order chi connectivity index (χ1) is 5.88. The molecule has 12 heavy (non-hydrogen) atoms. The SMILES string of the molecule is O=CNC1CCCC[C@@H]1NC=O. The van der Waals surface area contributed by atoms with Crippen molar-refractivity contribution in [2.45, 2.75) is 37.8 Å². The van der Waals surface area contributed by atoms with Gasteiger partial charge in [-0.3, -0.25) is 9.59 Å². The van der Waals surface area contributed by atoms with Crippen molar-refractivity contribution in [1.82, 2.24) is 10.6 Å². The lowest BCUT2D eigenvalue weighted by Gasteiger charge is -2.30. The molecule has 0 aliphatic heterocycles. The van der Waals surface area contributed by atoms with Crippen LogP contribution in [-0.4, -0.2) is 24.9 Å². The molecule has 0 heterocycles. The van der Waals surface area contributed by atoms with Crippen LogP contribution in [-0.2, 0) is 9.59 Å². The molecule has 0 aromatic carbocycles. The molecule has 1 saturated carbocycles. The number of amides is 2. The molecule has 2 amide bonds. The number of hydrogen-bond acceptors (Lipinski definition) is 2. The minimum Gasteiger partial charge on any atom is -0.354 e. The van der Waals surface area contributed by atoms with Gasteiger partial charge in [0.15, 0.2) is 0 Å². The van der Waals surface area contributed by atoms with Crippen LogP contribution in [0.2, 0.25) is 0 Å². The Morgan fingerprint density at radius 2 is 1.33 bits per heavy atom. The smallest absolute Gasteiger partial charge is 0.207 e. The van der Waals surface area contributed by atoms with Crippen molar-refractivity contribution in [1.29, 1.82) is 0 Å². The van der Waals surface area contributed by atoms with Crippen LogP contribution < -0.4 is 10.6 Å². The molecule has 2 atom stereocenters. The Bertz CT molecular complexity index is 143. The predicted molar refractivity (Wildman–Crippen MR) is 44.4 cm³/mol. The normalized spacial score (nSPS) is 29.0. The Morgan fingerprint density at radius 1 is 0.917 bits per heavy atom. The fourth-order valence-corrected chi connectivity index (χ4v) is 1.70. The number of hydrogen-bond donors (Lipinski definition) is 2. The van der Waals surface area contributed by atoms with Gasteiger partial charge in [0.1, 0.15) is 0 Å². The summed E-state index contributed by atoms with van der Waals surface area (Å²) < 4.78 is 0. The van der Waals surface area contributed by atoms with Gasteiger partial charge in [0, 0.05) is 12.1 Å². The number of rotatable bonds is 4. The summed E-state index contributed by atoms with van der Waals surface area (Å²) in [5.41, 5.74) is 0. The van der Waals surface area contributed by atoms with Crippen LogP contribution >= 0.6 is 0 Å². The summed E-state index contributed by atoms with van der Waals surface area (Å²) in [7, 11) is 0. The first-order valence-corrected chi connectivity index (χ1v) is 4.28. The fraction of sp³-hybridized carbons (Fsp3) is 0.750. The van der Waals surface area contributed by atoms with E-state index < -0.39 is 0 Å². The zero-order chi connectivity index (χ0) is 8.81. The zero-order valence-corrected chi connectivity index (χ0v) is 6.95. The molecule has 0 spiro atoms. The maximum absolute atomic E-state index is 10.2. The highest BCUT2D eigenvalue weighted by atomic mass is 16.1. The third-order valence-electron chi connectivity index (χ3n) is 2.33. The minimum atomic E-state index is 0.126. The second-order valence-electron chi connectivity index (χ2n) is 3.07. The van der Waals surface area contributed by atoms with Crippen molar-refractivity contribution in [3.05, 3.63) is 0 Å². The van der Waals surface area contributed by atoms with Crippen LogP contribution in [0.4, 0.5) is 0 Å². The van der Waals surface area contributed by atoms with E-state index in [0.29, 0.717) is 12.8 Å². The highest BCUT2D eigenvalue weighted by Crippen LogP contribution is 2.17. The molecule has 1 fully saturated rings. The molecule has 1 aliphatic carbocycles. The van der Waals surface area contributed by atoms with E-state index in [1.165, 1.54) is 0 Å². The van der Waals surface area contributed by atoms with E-state index >= 15 is 0 Å². The van der Waals surface area contributed by atoms with Gasteiger partial charge in [0.25, 0.3) is 0 Å². The van der Waals surface area contributed by atoms with E-state index in [0.717, 1.165) is 25.7 Å². The zero-order valence-electron chi connectivity index (χ0n) is 6.95.